The van der Waals surface area contributed by atoms with Crippen LogP contribution in [0, 0.1) is 0 Å². The predicted molar refractivity (Wildman–Crippen MR) is 148 cm³/mol. The maximum absolute atomic E-state index is 14.1. The molecule has 2 aliphatic heterocycles. The average molecular weight is 576 g/mol. The highest BCUT2D eigenvalue weighted by molar-refractivity contribution is 6.31. The zero-order chi connectivity index (χ0) is 28.3. The van der Waals surface area contributed by atoms with E-state index in [2.05, 4.69) is 30.4 Å². The van der Waals surface area contributed by atoms with Crippen molar-refractivity contribution < 1.29 is 23.1 Å². The number of hydrogen-bond acceptors (Lipinski definition) is 8. The smallest absolute Gasteiger partial charge is 0.418 e. The van der Waals surface area contributed by atoms with Crippen LogP contribution in [0.2, 0.25) is 5.02 Å². The quantitative estimate of drug-likeness (QED) is 0.318. The van der Waals surface area contributed by atoms with Gasteiger partial charge in [0.05, 0.1) is 16.8 Å². The van der Waals surface area contributed by atoms with Crippen molar-refractivity contribution in [3.63, 3.8) is 0 Å². The Bertz CT molecular complexity index is 1340. The molecule has 1 amide bonds. The monoisotopic (exact) mass is 575 g/mol. The van der Waals surface area contributed by atoms with Crippen molar-refractivity contribution in [1.29, 1.82) is 0 Å². The molecule has 3 N–H and O–H groups in total. The van der Waals surface area contributed by atoms with Gasteiger partial charge in [-0.15, -0.1) is 0 Å². The summed E-state index contributed by atoms with van der Waals surface area (Å²) in [6.45, 7) is 3.22. The molecule has 0 bridgehead atoms. The Morgan fingerprint density at radius 3 is 2.00 bits per heavy atom. The van der Waals surface area contributed by atoms with Crippen molar-refractivity contribution in [3.8, 4) is 5.75 Å². The van der Waals surface area contributed by atoms with Gasteiger partial charge in [-0.2, -0.15) is 28.1 Å². The van der Waals surface area contributed by atoms with Gasteiger partial charge in [-0.25, -0.2) is 0 Å². The summed E-state index contributed by atoms with van der Waals surface area (Å²) < 4.78 is 42.2. The lowest BCUT2D eigenvalue weighted by Crippen LogP contribution is -2.34. The van der Waals surface area contributed by atoms with E-state index in [9.17, 15) is 23.1 Å². The van der Waals surface area contributed by atoms with E-state index in [0.29, 0.717) is 11.9 Å². The van der Waals surface area contributed by atoms with Crippen molar-refractivity contribution >= 4 is 46.7 Å². The lowest BCUT2D eigenvalue weighted by Gasteiger charge is -2.30. The fraction of sp³-hybridized carbons (Fsp3) is 0.407. The van der Waals surface area contributed by atoms with Crippen molar-refractivity contribution in [2.75, 3.05) is 46.6 Å². The summed E-state index contributed by atoms with van der Waals surface area (Å²) in [7, 11) is 0. The first-order chi connectivity index (χ1) is 19.2. The van der Waals surface area contributed by atoms with Gasteiger partial charge in [-0.3, -0.25) is 4.79 Å². The lowest BCUT2D eigenvalue weighted by molar-refractivity contribution is -0.136. The van der Waals surface area contributed by atoms with Crippen LogP contribution in [-0.2, 0) is 6.18 Å². The molecular weight excluding hydrogens is 547 g/mol. The molecule has 3 heterocycles. The van der Waals surface area contributed by atoms with Gasteiger partial charge in [0.1, 0.15) is 5.75 Å². The third-order valence-corrected chi connectivity index (χ3v) is 7.16. The van der Waals surface area contributed by atoms with E-state index in [1.807, 2.05) is 0 Å². The Labute approximate surface area is 234 Å². The summed E-state index contributed by atoms with van der Waals surface area (Å²) in [5.41, 5.74) is -1.64. The summed E-state index contributed by atoms with van der Waals surface area (Å²) in [5.74, 6) is -0.205. The molecule has 0 radical (unpaired) electrons. The number of carbonyl (C=O) groups excluding carboxylic acids is 1. The molecule has 2 aliphatic rings. The number of anilines is 5. The minimum Gasteiger partial charge on any atom is -0.507 e. The van der Waals surface area contributed by atoms with Gasteiger partial charge >= 0.3 is 6.18 Å². The van der Waals surface area contributed by atoms with Crippen LogP contribution in [0.15, 0.2) is 36.4 Å². The molecule has 1 aromatic heterocycles. The SMILES string of the molecule is O=C(Nc1ccc(Nc2nc(N3CCCCC3)nc(N3CCCCC3)n2)cc1C(F)(F)F)c1ccc(Cl)cc1O. The van der Waals surface area contributed by atoms with E-state index in [1.165, 1.54) is 18.2 Å². The number of benzene rings is 2. The van der Waals surface area contributed by atoms with Gasteiger partial charge in [0, 0.05) is 36.9 Å². The first kappa shape index (κ1) is 27.8. The van der Waals surface area contributed by atoms with Crippen LogP contribution in [0.3, 0.4) is 0 Å². The minimum absolute atomic E-state index is 0.0973. The number of phenolic OH excluding ortho intramolecular Hbond substituents is 1. The molecule has 5 rings (SSSR count). The summed E-state index contributed by atoms with van der Waals surface area (Å²) in [5, 5.41) is 15.4. The van der Waals surface area contributed by atoms with E-state index < -0.39 is 29.1 Å². The molecule has 0 aliphatic carbocycles. The number of carbonyl (C=O) groups is 1. The van der Waals surface area contributed by atoms with Gasteiger partial charge in [-0.05, 0) is 74.9 Å². The van der Waals surface area contributed by atoms with Gasteiger partial charge in [-0.1, -0.05) is 11.6 Å². The Hall–Kier alpha value is -3.80. The maximum Gasteiger partial charge on any atom is 0.418 e. The van der Waals surface area contributed by atoms with Crippen molar-refractivity contribution in [2.24, 2.45) is 0 Å². The Kier molecular flexibility index (Phi) is 8.15. The average Bonchev–Trinajstić information content (AvgIpc) is 2.94. The molecule has 0 saturated carbocycles. The Morgan fingerprint density at radius 2 is 1.45 bits per heavy atom. The second-order valence-corrected chi connectivity index (χ2v) is 10.3. The number of nitrogens with one attached hydrogen (secondary N) is 2. The molecule has 3 aromatic rings. The lowest BCUT2D eigenvalue weighted by atomic mass is 10.1. The number of aromatic nitrogens is 3. The Morgan fingerprint density at radius 1 is 0.850 bits per heavy atom. The first-order valence-corrected chi connectivity index (χ1v) is 13.6. The van der Waals surface area contributed by atoms with Crippen LogP contribution >= 0.6 is 11.6 Å². The third kappa shape index (κ3) is 6.49. The molecule has 40 heavy (non-hydrogen) atoms. The predicted octanol–water partition coefficient (Wildman–Crippen LogP) is 6.23. The molecular formula is C27H29ClF3N7O2. The van der Waals surface area contributed by atoms with E-state index in [0.717, 1.165) is 82.9 Å². The molecule has 2 fully saturated rings. The first-order valence-electron chi connectivity index (χ1n) is 13.2. The molecule has 212 valence electrons. The summed E-state index contributed by atoms with van der Waals surface area (Å²) in [4.78, 5) is 30.6. The number of alkyl halides is 3. The van der Waals surface area contributed by atoms with E-state index >= 15 is 0 Å². The number of nitrogens with zero attached hydrogens (tertiary/aromatic N) is 5. The molecule has 0 atom stereocenters. The highest BCUT2D eigenvalue weighted by atomic mass is 35.5. The van der Waals surface area contributed by atoms with Gasteiger partial charge < -0.3 is 25.5 Å². The topological polar surface area (TPSA) is 107 Å². The molecule has 2 aromatic carbocycles. The second-order valence-electron chi connectivity index (χ2n) is 9.85. The van der Waals surface area contributed by atoms with Crippen molar-refractivity contribution in [3.05, 3.63) is 52.5 Å². The molecule has 13 heteroatoms. The number of amides is 1. The van der Waals surface area contributed by atoms with Crippen LogP contribution in [-0.4, -0.2) is 52.1 Å². The number of phenols is 1. The molecule has 2 saturated heterocycles. The summed E-state index contributed by atoms with van der Waals surface area (Å²) in [6.07, 6.45) is 1.55. The van der Waals surface area contributed by atoms with Crippen LogP contribution in [0.4, 0.5) is 42.4 Å². The van der Waals surface area contributed by atoms with Crippen LogP contribution < -0.4 is 20.4 Å². The Balaban J connectivity index is 1.44. The van der Waals surface area contributed by atoms with Crippen LogP contribution in [0.5, 0.6) is 5.75 Å². The number of hydrogen-bond donors (Lipinski definition) is 3. The van der Waals surface area contributed by atoms with Crippen LogP contribution in [0.25, 0.3) is 0 Å². The maximum atomic E-state index is 14.1. The number of rotatable bonds is 6. The van der Waals surface area contributed by atoms with E-state index in [1.54, 1.807) is 0 Å². The van der Waals surface area contributed by atoms with Crippen molar-refractivity contribution in [2.45, 2.75) is 44.7 Å². The standard InChI is InChI=1S/C27H29ClF3N7O2/c28-17-7-9-19(22(39)15-17)23(40)33-21-10-8-18(16-20(21)27(29,30)31)32-24-34-25(37-11-3-1-4-12-37)36-26(35-24)38-13-5-2-6-14-38/h7-10,15-16,39H,1-6,11-14H2,(H,33,40)(H,32,34,35,36). The zero-order valence-electron chi connectivity index (χ0n) is 21.6. The van der Waals surface area contributed by atoms with Crippen LogP contribution in [0.1, 0.15) is 54.4 Å². The fourth-order valence-corrected chi connectivity index (χ4v) is 5.03. The normalized spacial score (nSPS) is 16.1. The van der Waals surface area contributed by atoms with Crippen molar-refractivity contribution in [1.82, 2.24) is 15.0 Å². The summed E-state index contributed by atoms with van der Waals surface area (Å²) >= 11 is 5.79. The highest BCUT2D eigenvalue weighted by Crippen LogP contribution is 2.38. The highest BCUT2D eigenvalue weighted by Gasteiger charge is 2.35. The van der Waals surface area contributed by atoms with E-state index in [-0.39, 0.29) is 22.2 Å². The second kappa shape index (κ2) is 11.7. The number of aromatic hydroxyl groups is 1. The minimum atomic E-state index is -4.78. The zero-order valence-corrected chi connectivity index (χ0v) is 22.4. The third-order valence-electron chi connectivity index (χ3n) is 6.92. The van der Waals surface area contributed by atoms with Gasteiger partial charge in [0.2, 0.25) is 17.8 Å². The largest absolute Gasteiger partial charge is 0.507 e. The summed E-state index contributed by atoms with van der Waals surface area (Å²) in [6, 6.07) is 7.17. The molecule has 0 unspecified atom stereocenters. The molecule has 0 spiro atoms. The number of piperidine rings is 2. The fourth-order valence-electron chi connectivity index (χ4n) is 4.86. The van der Waals surface area contributed by atoms with Gasteiger partial charge in [0.15, 0.2) is 0 Å². The number of halogens is 4. The van der Waals surface area contributed by atoms with Gasteiger partial charge in [0.25, 0.3) is 5.91 Å². The van der Waals surface area contributed by atoms with E-state index in [4.69, 9.17) is 16.6 Å². The molecule has 9 nitrogen and oxygen atoms in total.